The van der Waals surface area contributed by atoms with Crippen LogP contribution in [0.15, 0.2) is 18.2 Å². The Hall–Kier alpha value is -1.75. The topological polar surface area (TPSA) is 56.8 Å². The molecule has 0 aromatic heterocycles. The second-order valence-electron chi connectivity index (χ2n) is 6.86. The van der Waals surface area contributed by atoms with Crippen LogP contribution in [-0.2, 0) is 16.1 Å². The van der Waals surface area contributed by atoms with Crippen LogP contribution in [-0.4, -0.2) is 32.3 Å². The average molecular weight is 321 g/mol. The number of hydrogen-bond donors (Lipinski definition) is 1. The maximum absolute atomic E-state index is 11.9. The Morgan fingerprint density at radius 1 is 1.35 bits per heavy atom. The van der Waals surface area contributed by atoms with E-state index in [1.54, 1.807) is 7.11 Å². The molecular weight excluding hydrogens is 294 g/mol. The van der Waals surface area contributed by atoms with Crippen molar-refractivity contribution in [1.82, 2.24) is 5.32 Å². The van der Waals surface area contributed by atoms with Crippen LogP contribution in [0.3, 0.4) is 0 Å². The molecule has 1 amide bonds. The van der Waals surface area contributed by atoms with Crippen LogP contribution >= 0.6 is 0 Å². The highest BCUT2D eigenvalue weighted by Crippen LogP contribution is 2.29. The Morgan fingerprint density at radius 3 is 2.74 bits per heavy atom. The Balaban J connectivity index is 1.94. The van der Waals surface area contributed by atoms with Gasteiger partial charge in [0.25, 0.3) is 0 Å². The molecule has 0 aliphatic carbocycles. The van der Waals surface area contributed by atoms with E-state index in [2.05, 4.69) is 5.32 Å². The number of rotatable bonds is 6. The summed E-state index contributed by atoms with van der Waals surface area (Å²) in [6.07, 6.45) is 2.31. The summed E-state index contributed by atoms with van der Waals surface area (Å²) in [5, 5.41) is 2.93. The third-order valence-corrected chi connectivity index (χ3v) is 3.81. The Labute approximate surface area is 138 Å². The number of carbonyl (C=O) groups excluding carboxylic acids is 1. The zero-order valence-corrected chi connectivity index (χ0v) is 14.5. The van der Waals surface area contributed by atoms with Gasteiger partial charge in [0.1, 0.15) is 6.61 Å². The molecule has 5 heteroatoms. The predicted octanol–water partition coefficient (Wildman–Crippen LogP) is 2.92. The Kier molecular flexibility index (Phi) is 5.88. The number of methoxy groups -OCH3 is 1. The van der Waals surface area contributed by atoms with Gasteiger partial charge in [-0.1, -0.05) is 26.8 Å². The van der Waals surface area contributed by atoms with Gasteiger partial charge in [-0.3, -0.25) is 4.79 Å². The molecule has 2 rings (SSSR count). The largest absolute Gasteiger partial charge is 0.493 e. The fourth-order valence-corrected chi connectivity index (χ4v) is 2.35. The average Bonchev–Trinajstić information content (AvgIpc) is 3.03. The summed E-state index contributed by atoms with van der Waals surface area (Å²) in [5.74, 6) is 1.40. The van der Waals surface area contributed by atoms with Crippen molar-refractivity contribution in [3.63, 3.8) is 0 Å². The molecule has 0 spiro atoms. The van der Waals surface area contributed by atoms with Crippen molar-refractivity contribution in [2.45, 2.75) is 46.3 Å². The fraction of sp³-hybridized carbons (Fsp3) is 0.611. The van der Waals surface area contributed by atoms with Crippen molar-refractivity contribution in [1.29, 1.82) is 0 Å². The number of nitrogens with one attached hydrogen (secondary N) is 1. The highest BCUT2D eigenvalue weighted by Gasteiger charge is 2.21. The van der Waals surface area contributed by atoms with Crippen molar-refractivity contribution < 1.29 is 19.0 Å². The summed E-state index contributed by atoms with van der Waals surface area (Å²) in [4.78, 5) is 11.9. The standard InChI is InChI=1S/C18H27NO4/c1-18(2,3)17(20)19-11-13-7-8-15(16(10-13)21-4)23-12-14-6-5-9-22-14/h7-8,10,14H,5-6,9,11-12H2,1-4H3,(H,19,20)/t14-/m1/s1. The Morgan fingerprint density at radius 2 is 2.13 bits per heavy atom. The van der Waals surface area contributed by atoms with Gasteiger partial charge in [0.2, 0.25) is 5.91 Å². The van der Waals surface area contributed by atoms with Gasteiger partial charge in [0.15, 0.2) is 11.5 Å². The summed E-state index contributed by atoms with van der Waals surface area (Å²) in [5.41, 5.74) is 0.581. The number of amides is 1. The van der Waals surface area contributed by atoms with Gasteiger partial charge < -0.3 is 19.5 Å². The van der Waals surface area contributed by atoms with Crippen LogP contribution in [0, 0.1) is 5.41 Å². The maximum atomic E-state index is 11.9. The quantitative estimate of drug-likeness (QED) is 0.875. The van der Waals surface area contributed by atoms with Gasteiger partial charge in [0, 0.05) is 18.6 Å². The van der Waals surface area contributed by atoms with E-state index < -0.39 is 5.41 Å². The zero-order chi connectivity index (χ0) is 16.9. The maximum Gasteiger partial charge on any atom is 0.225 e. The SMILES string of the molecule is COc1cc(CNC(=O)C(C)(C)C)ccc1OC[C@H]1CCCO1. The molecule has 1 aromatic carbocycles. The molecule has 1 heterocycles. The van der Waals surface area contributed by atoms with Gasteiger partial charge in [-0.2, -0.15) is 0 Å². The first-order valence-corrected chi connectivity index (χ1v) is 8.10. The molecule has 1 saturated heterocycles. The van der Waals surface area contributed by atoms with Crippen molar-refractivity contribution in [2.75, 3.05) is 20.3 Å². The van der Waals surface area contributed by atoms with E-state index in [0.29, 0.717) is 24.7 Å². The third-order valence-electron chi connectivity index (χ3n) is 3.81. The number of ether oxygens (including phenoxy) is 3. The molecule has 128 valence electrons. The number of carbonyl (C=O) groups is 1. The molecule has 23 heavy (non-hydrogen) atoms. The molecule has 0 saturated carbocycles. The molecule has 5 nitrogen and oxygen atoms in total. The number of benzene rings is 1. The van der Waals surface area contributed by atoms with Crippen LogP contribution in [0.4, 0.5) is 0 Å². The van der Waals surface area contributed by atoms with E-state index in [1.807, 2.05) is 39.0 Å². The van der Waals surface area contributed by atoms with Crippen LogP contribution in [0.2, 0.25) is 0 Å². The lowest BCUT2D eigenvalue weighted by Gasteiger charge is -2.18. The third kappa shape index (κ3) is 5.13. The molecule has 0 bridgehead atoms. The zero-order valence-electron chi connectivity index (χ0n) is 14.5. The minimum atomic E-state index is -0.394. The molecule has 0 unspecified atom stereocenters. The van der Waals surface area contributed by atoms with Crippen LogP contribution in [0.1, 0.15) is 39.2 Å². The lowest BCUT2D eigenvalue weighted by molar-refractivity contribution is -0.128. The normalized spacial score (nSPS) is 17.8. The molecular formula is C18H27NO4. The van der Waals surface area contributed by atoms with Crippen molar-refractivity contribution in [3.05, 3.63) is 23.8 Å². The van der Waals surface area contributed by atoms with Gasteiger partial charge in [-0.25, -0.2) is 0 Å². The second-order valence-corrected chi connectivity index (χ2v) is 6.86. The van der Waals surface area contributed by atoms with E-state index in [9.17, 15) is 4.79 Å². The van der Waals surface area contributed by atoms with Gasteiger partial charge in [-0.15, -0.1) is 0 Å². The molecule has 1 aromatic rings. The van der Waals surface area contributed by atoms with E-state index in [-0.39, 0.29) is 12.0 Å². The fourth-order valence-electron chi connectivity index (χ4n) is 2.35. The van der Waals surface area contributed by atoms with Gasteiger partial charge in [0.05, 0.1) is 13.2 Å². The highest BCUT2D eigenvalue weighted by atomic mass is 16.5. The molecule has 1 fully saturated rings. The molecule has 1 aliphatic rings. The van der Waals surface area contributed by atoms with Crippen LogP contribution in [0.25, 0.3) is 0 Å². The first-order valence-electron chi connectivity index (χ1n) is 8.10. The first kappa shape index (κ1) is 17.6. The van der Waals surface area contributed by atoms with Crippen LogP contribution in [0.5, 0.6) is 11.5 Å². The van der Waals surface area contributed by atoms with Crippen LogP contribution < -0.4 is 14.8 Å². The van der Waals surface area contributed by atoms with Gasteiger partial charge in [-0.05, 0) is 30.5 Å². The van der Waals surface area contributed by atoms with E-state index >= 15 is 0 Å². The predicted molar refractivity (Wildman–Crippen MR) is 88.8 cm³/mol. The summed E-state index contributed by atoms with van der Waals surface area (Å²) in [6, 6.07) is 5.72. The van der Waals surface area contributed by atoms with E-state index in [0.717, 1.165) is 25.0 Å². The summed E-state index contributed by atoms with van der Waals surface area (Å²) in [7, 11) is 1.62. The second kappa shape index (κ2) is 7.68. The molecule has 1 N–H and O–H groups in total. The smallest absolute Gasteiger partial charge is 0.225 e. The summed E-state index contributed by atoms with van der Waals surface area (Å²) < 4.78 is 16.8. The van der Waals surface area contributed by atoms with E-state index in [1.165, 1.54) is 0 Å². The van der Waals surface area contributed by atoms with Crippen molar-refractivity contribution in [3.8, 4) is 11.5 Å². The lowest BCUT2D eigenvalue weighted by Crippen LogP contribution is -2.34. The van der Waals surface area contributed by atoms with Gasteiger partial charge >= 0.3 is 0 Å². The number of hydrogen-bond acceptors (Lipinski definition) is 4. The lowest BCUT2D eigenvalue weighted by atomic mass is 9.95. The highest BCUT2D eigenvalue weighted by molar-refractivity contribution is 5.81. The van der Waals surface area contributed by atoms with Crippen molar-refractivity contribution >= 4 is 5.91 Å². The molecule has 1 aliphatic heterocycles. The minimum absolute atomic E-state index is 0.0233. The summed E-state index contributed by atoms with van der Waals surface area (Å²) in [6.45, 7) is 7.51. The molecule has 1 atom stereocenters. The first-order chi connectivity index (χ1) is 10.9. The van der Waals surface area contributed by atoms with E-state index in [4.69, 9.17) is 14.2 Å². The van der Waals surface area contributed by atoms with Crippen molar-refractivity contribution in [2.24, 2.45) is 5.41 Å². The monoisotopic (exact) mass is 321 g/mol. The minimum Gasteiger partial charge on any atom is -0.493 e. The summed E-state index contributed by atoms with van der Waals surface area (Å²) >= 11 is 0. The molecule has 0 radical (unpaired) electrons. The Bertz CT molecular complexity index is 530.